The van der Waals surface area contributed by atoms with Crippen molar-refractivity contribution in [2.24, 2.45) is 0 Å². The summed E-state index contributed by atoms with van der Waals surface area (Å²) in [5.74, 6) is 0.689. The summed E-state index contributed by atoms with van der Waals surface area (Å²) in [5.41, 5.74) is -0.0354. The van der Waals surface area contributed by atoms with Crippen molar-refractivity contribution in [3.8, 4) is 11.5 Å². The van der Waals surface area contributed by atoms with Gasteiger partial charge in [0, 0.05) is 17.8 Å². The number of ether oxygens (including phenoxy) is 2. The Morgan fingerprint density at radius 1 is 1.08 bits per heavy atom. The summed E-state index contributed by atoms with van der Waals surface area (Å²) >= 11 is 5.65. The second kappa shape index (κ2) is 7.29. The summed E-state index contributed by atoms with van der Waals surface area (Å²) in [6.07, 6.45) is -1.94. The molecule has 8 heteroatoms. The van der Waals surface area contributed by atoms with Gasteiger partial charge in [0.1, 0.15) is 13.2 Å². The predicted octanol–water partition coefficient (Wildman–Crippen LogP) is 4.78. The summed E-state index contributed by atoms with van der Waals surface area (Å²) in [6, 6.07) is 8.24. The molecule has 0 radical (unpaired) electrons. The lowest BCUT2D eigenvalue weighted by molar-refractivity contribution is -0.137. The van der Waals surface area contributed by atoms with Gasteiger partial charge in [-0.3, -0.25) is 4.79 Å². The number of fused-ring (bicyclic) bond motifs is 1. The number of nitrogens with one attached hydrogen (secondary N) is 1. The molecule has 2 aromatic carbocycles. The summed E-state index contributed by atoms with van der Waals surface area (Å²) in [6.45, 7) is 0.899. The fourth-order valence-electron chi connectivity index (χ4n) is 2.34. The number of rotatable bonds is 3. The van der Waals surface area contributed by atoms with E-state index >= 15 is 0 Å². The van der Waals surface area contributed by atoms with Gasteiger partial charge in [0.2, 0.25) is 5.91 Å². The molecule has 1 N–H and O–H groups in total. The van der Waals surface area contributed by atoms with Crippen molar-refractivity contribution in [3.63, 3.8) is 0 Å². The molecule has 0 unspecified atom stereocenters. The van der Waals surface area contributed by atoms with Crippen molar-refractivity contribution in [3.05, 3.63) is 58.6 Å². The number of anilines is 1. The van der Waals surface area contributed by atoms with E-state index in [9.17, 15) is 18.0 Å². The highest BCUT2D eigenvalue weighted by molar-refractivity contribution is 6.31. The minimum atomic E-state index is -4.52. The lowest BCUT2D eigenvalue weighted by Gasteiger charge is -2.18. The molecule has 0 aliphatic carbocycles. The van der Waals surface area contributed by atoms with Gasteiger partial charge in [-0.05, 0) is 35.9 Å². The molecule has 136 valence electrons. The molecule has 0 fully saturated rings. The number of amides is 1. The topological polar surface area (TPSA) is 47.6 Å². The van der Waals surface area contributed by atoms with Gasteiger partial charge >= 0.3 is 6.18 Å². The second-order valence-corrected chi connectivity index (χ2v) is 5.83. The van der Waals surface area contributed by atoms with Crippen LogP contribution >= 0.6 is 11.6 Å². The zero-order chi connectivity index (χ0) is 18.7. The molecule has 1 amide bonds. The highest BCUT2D eigenvalue weighted by atomic mass is 35.5. The molecule has 1 aliphatic rings. The minimum absolute atomic E-state index is 0.375. The molecule has 0 bridgehead atoms. The fraction of sp³-hybridized carbons (Fsp3) is 0.167. The van der Waals surface area contributed by atoms with E-state index in [1.54, 1.807) is 18.2 Å². The van der Waals surface area contributed by atoms with E-state index in [-0.39, 0.29) is 0 Å². The standard InChI is InChI=1S/C18H13ClF3NO3/c19-14-9-11(1-4-13(14)18(20,21)22)2-6-17(24)23-12-3-5-15-16(10-12)26-8-7-25-15/h1-6,9-10H,7-8H2,(H,23,24). The molecule has 0 aromatic heterocycles. The third-order valence-electron chi connectivity index (χ3n) is 3.54. The van der Waals surface area contributed by atoms with E-state index in [2.05, 4.69) is 5.32 Å². The number of hydrogen-bond donors (Lipinski definition) is 1. The van der Waals surface area contributed by atoms with Crippen LogP contribution in [0.1, 0.15) is 11.1 Å². The summed E-state index contributed by atoms with van der Waals surface area (Å²) < 4.78 is 48.8. The van der Waals surface area contributed by atoms with Crippen LogP contribution in [0, 0.1) is 0 Å². The molecule has 0 saturated heterocycles. The third-order valence-corrected chi connectivity index (χ3v) is 3.85. The van der Waals surface area contributed by atoms with E-state index < -0.39 is 22.7 Å². The zero-order valence-electron chi connectivity index (χ0n) is 13.3. The number of carbonyl (C=O) groups excluding carboxylic acids is 1. The molecule has 1 heterocycles. The van der Waals surface area contributed by atoms with Gasteiger partial charge in [-0.2, -0.15) is 13.2 Å². The van der Waals surface area contributed by atoms with Crippen LogP contribution < -0.4 is 14.8 Å². The fourth-order valence-corrected chi connectivity index (χ4v) is 2.64. The maximum Gasteiger partial charge on any atom is 0.417 e. The van der Waals surface area contributed by atoms with Gasteiger partial charge in [0.15, 0.2) is 11.5 Å². The van der Waals surface area contributed by atoms with Crippen molar-refractivity contribution in [1.82, 2.24) is 0 Å². The lowest BCUT2D eigenvalue weighted by atomic mass is 10.1. The van der Waals surface area contributed by atoms with E-state index in [4.69, 9.17) is 21.1 Å². The molecule has 0 spiro atoms. The quantitative estimate of drug-likeness (QED) is 0.776. The number of halogens is 4. The molecule has 2 aromatic rings. The third kappa shape index (κ3) is 4.29. The predicted molar refractivity (Wildman–Crippen MR) is 91.5 cm³/mol. The maximum atomic E-state index is 12.7. The van der Waals surface area contributed by atoms with Gasteiger partial charge in [-0.15, -0.1) is 0 Å². The Morgan fingerprint density at radius 2 is 1.81 bits per heavy atom. The zero-order valence-corrected chi connectivity index (χ0v) is 14.0. The van der Waals surface area contributed by atoms with E-state index in [1.165, 1.54) is 18.2 Å². The Balaban J connectivity index is 1.67. The maximum absolute atomic E-state index is 12.7. The second-order valence-electron chi connectivity index (χ2n) is 5.42. The monoisotopic (exact) mass is 383 g/mol. The van der Waals surface area contributed by atoms with Crippen LogP contribution in [-0.2, 0) is 11.0 Å². The van der Waals surface area contributed by atoms with E-state index in [1.807, 2.05) is 0 Å². The molecule has 26 heavy (non-hydrogen) atoms. The van der Waals surface area contributed by atoms with Crippen molar-refractivity contribution in [1.29, 1.82) is 0 Å². The van der Waals surface area contributed by atoms with Gasteiger partial charge in [-0.1, -0.05) is 17.7 Å². The van der Waals surface area contributed by atoms with Crippen LogP contribution in [0.5, 0.6) is 11.5 Å². The summed E-state index contributed by atoms with van der Waals surface area (Å²) in [5, 5.41) is 2.21. The number of hydrogen-bond acceptors (Lipinski definition) is 3. The largest absolute Gasteiger partial charge is 0.486 e. The van der Waals surface area contributed by atoms with Crippen LogP contribution in [0.3, 0.4) is 0 Å². The lowest BCUT2D eigenvalue weighted by Crippen LogP contribution is -2.16. The molecule has 0 atom stereocenters. The highest BCUT2D eigenvalue weighted by Gasteiger charge is 2.32. The van der Waals surface area contributed by atoms with Crippen molar-refractivity contribution in [2.45, 2.75) is 6.18 Å². The SMILES string of the molecule is O=C(C=Cc1ccc(C(F)(F)F)c(Cl)c1)Nc1ccc2c(c1)OCCO2. The molecule has 1 aliphatic heterocycles. The van der Waals surface area contributed by atoms with Crippen LogP contribution in [0.25, 0.3) is 6.08 Å². The molecule has 0 saturated carbocycles. The Morgan fingerprint density at radius 3 is 2.50 bits per heavy atom. The first-order valence-corrected chi connectivity index (χ1v) is 7.96. The molecular weight excluding hydrogens is 371 g/mol. The van der Waals surface area contributed by atoms with Crippen molar-refractivity contribution in [2.75, 3.05) is 18.5 Å². The first-order chi connectivity index (χ1) is 12.3. The smallest absolute Gasteiger partial charge is 0.417 e. The Labute approximate surface area is 152 Å². The van der Waals surface area contributed by atoms with Crippen LogP contribution in [0.15, 0.2) is 42.5 Å². The first-order valence-electron chi connectivity index (χ1n) is 7.58. The van der Waals surface area contributed by atoms with Crippen molar-refractivity contribution < 1.29 is 27.4 Å². The summed E-state index contributed by atoms with van der Waals surface area (Å²) in [4.78, 5) is 12.0. The Bertz CT molecular complexity index is 865. The first kappa shape index (κ1) is 18.1. The van der Waals surface area contributed by atoms with Crippen LogP contribution in [0.2, 0.25) is 5.02 Å². The van der Waals surface area contributed by atoms with E-state index in [0.717, 1.165) is 12.1 Å². The average Bonchev–Trinajstić information content (AvgIpc) is 2.59. The molecular formula is C18H13ClF3NO3. The van der Waals surface area contributed by atoms with Crippen LogP contribution in [0.4, 0.5) is 18.9 Å². The van der Waals surface area contributed by atoms with E-state index in [0.29, 0.717) is 36.0 Å². The minimum Gasteiger partial charge on any atom is -0.486 e. The molecule has 3 rings (SSSR count). The van der Waals surface area contributed by atoms with Gasteiger partial charge < -0.3 is 14.8 Å². The van der Waals surface area contributed by atoms with Gasteiger partial charge in [0.05, 0.1) is 10.6 Å². The number of benzene rings is 2. The normalized spacial score (nSPS) is 13.7. The van der Waals surface area contributed by atoms with Crippen LogP contribution in [-0.4, -0.2) is 19.1 Å². The van der Waals surface area contributed by atoms with Crippen molar-refractivity contribution >= 4 is 29.3 Å². The van der Waals surface area contributed by atoms with Gasteiger partial charge in [0.25, 0.3) is 0 Å². The Hall–Kier alpha value is -2.67. The number of alkyl halides is 3. The highest BCUT2D eigenvalue weighted by Crippen LogP contribution is 2.35. The van der Waals surface area contributed by atoms with Gasteiger partial charge in [-0.25, -0.2) is 0 Å². The number of carbonyl (C=O) groups is 1. The molecule has 4 nitrogen and oxygen atoms in total. The summed E-state index contributed by atoms with van der Waals surface area (Å²) in [7, 11) is 0. The average molecular weight is 384 g/mol. The Kier molecular flexibility index (Phi) is 5.08.